The molecule has 0 fully saturated rings. The molecule has 0 aliphatic carbocycles. The van der Waals surface area contributed by atoms with Crippen molar-refractivity contribution in [1.29, 1.82) is 0 Å². The van der Waals surface area contributed by atoms with Gasteiger partial charge in [-0.1, -0.05) is 54.6 Å². The van der Waals surface area contributed by atoms with Crippen molar-refractivity contribution in [3.8, 4) is 0 Å². The summed E-state index contributed by atoms with van der Waals surface area (Å²) in [6.45, 7) is 0.951. The molecule has 0 saturated carbocycles. The number of benzene rings is 3. The molecule has 0 amide bonds. The molecule has 3 aromatic carbocycles. The SMILES string of the molecule is Ic1nc2ccccc2n1CCc1cccc2ccccc12. The molecule has 0 atom stereocenters. The summed E-state index contributed by atoms with van der Waals surface area (Å²) < 4.78 is 3.36. The number of hydrogen-bond donors (Lipinski definition) is 0. The summed E-state index contributed by atoms with van der Waals surface area (Å²) in [7, 11) is 0. The standard InChI is InChI=1S/C19H15IN2/c20-19-21-17-10-3-4-11-18(17)22(19)13-12-15-8-5-7-14-6-1-2-9-16(14)15/h1-11H,12-13H2. The van der Waals surface area contributed by atoms with Crippen LogP contribution < -0.4 is 0 Å². The molecule has 0 unspecified atom stereocenters. The van der Waals surface area contributed by atoms with Crippen molar-refractivity contribution in [2.45, 2.75) is 13.0 Å². The van der Waals surface area contributed by atoms with E-state index in [-0.39, 0.29) is 0 Å². The molecule has 1 aromatic heterocycles. The minimum atomic E-state index is 0.951. The minimum Gasteiger partial charge on any atom is -0.319 e. The lowest BCUT2D eigenvalue weighted by molar-refractivity contribution is 0.700. The fourth-order valence-electron chi connectivity index (χ4n) is 3.00. The number of nitrogens with zero attached hydrogens (tertiary/aromatic N) is 2. The van der Waals surface area contributed by atoms with Gasteiger partial charge in [-0.15, -0.1) is 0 Å². The Balaban J connectivity index is 1.70. The second kappa shape index (κ2) is 5.72. The van der Waals surface area contributed by atoms with Crippen LogP contribution in [0.4, 0.5) is 0 Å². The van der Waals surface area contributed by atoms with E-state index in [0.717, 1.165) is 22.3 Å². The van der Waals surface area contributed by atoms with Gasteiger partial charge >= 0.3 is 0 Å². The lowest BCUT2D eigenvalue weighted by Crippen LogP contribution is -2.03. The van der Waals surface area contributed by atoms with Crippen molar-refractivity contribution >= 4 is 44.4 Å². The zero-order chi connectivity index (χ0) is 14.9. The van der Waals surface area contributed by atoms with Gasteiger partial charge in [0.15, 0.2) is 3.83 Å². The summed E-state index contributed by atoms with van der Waals surface area (Å²) in [4.78, 5) is 4.64. The maximum Gasteiger partial charge on any atom is 0.172 e. The molecular weight excluding hydrogens is 383 g/mol. The van der Waals surface area contributed by atoms with E-state index < -0.39 is 0 Å². The van der Waals surface area contributed by atoms with Crippen LogP contribution >= 0.6 is 22.6 Å². The van der Waals surface area contributed by atoms with Gasteiger partial charge in [0.1, 0.15) is 0 Å². The highest BCUT2D eigenvalue weighted by molar-refractivity contribution is 14.1. The van der Waals surface area contributed by atoms with Gasteiger partial charge in [-0.25, -0.2) is 4.98 Å². The number of aromatic nitrogens is 2. The Kier molecular flexibility index (Phi) is 3.58. The summed E-state index contributed by atoms with van der Waals surface area (Å²) in [5, 5.41) is 2.66. The number of halogens is 1. The summed E-state index contributed by atoms with van der Waals surface area (Å²) in [6.07, 6.45) is 1.01. The molecule has 2 nitrogen and oxygen atoms in total. The first-order chi connectivity index (χ1) is 10.8. The fourth-order valence-corrected chi connectivity index (χ4v) is 3.76. The summed E-state index contributed by atoms with van der Waals surface area (Å²) in [5.74, 6) is 0. The van der Waals surface area contributed by atoms with Gasteiger partial charge in [-0.3, -0.25) is 0 Å². The van der Waals surface area contributed by atoms with Crippen LogP contribution in [0.5, 0.6) is 0 Å². The van der Waals surface area contributed by atoms with Gasteiger partial charge in [0.2, 0.25) is 0 Å². The predicted octanol–water partition coefficient (Wildman–Crippen LogP) is 5.04. The Morgan fingerprint density at radius 1 is 0.864 bits per heavy atom. The first-order valence-corrected chi connectivity index (χ1v) is 8.48. The van der Waals surface area contributed by atoms with Crippen LogP contribution in [0, 0.1) is 3.83 Å². The molecule has 4 aromatic rings. The van der Waals surface area contributed by atoms with E-state index in [1.807, 2.05) is 6.07 Å². The molecule has 0 radical (unpaired) electrons. The van der Waals surface area contributed by atoms with E-state index in [1.165, 1.54) is 21.9 Å². The maximum absolute atomic E-state index is 4.64. The number of aryl methyl sites for hydroxylation is 2. The third-order valence-corrected chi connectivity index (χ3v) is 4.92. The Morgan fingerprint density at radius 3 is 2.59 bits per heavy atom. The summed E-state index contributed by atoms with van der Waals surface area (Å²) in [6, 6.07) is 23.5. The summed E-state index contributed by atoms with van der Waals surface area (Å²) >= 11 is 2.33. The van der Waals surface area contributed by atoms with Crippen LogP contribution in [0.2, 0.25) is 0 Å². The monoisotopic (exact) mass is 398 g/mol. The van der Waals surface area contributed by atoms with Crippen molar-refractivity contribution in [2.24, 2.45) is 0 Å². The molecule has 22 heavy (non-hydrogen) atoms. The van der Waals surface area contributed by atoms with Crippen LogP contribution in [0.1, 0.15) is 5.56 Å². The number of rotatable bonds is 3. The quantitative estimate of drug-likeness (QED) is 0.443. The van der Waals surface area contributed by atoms with Gasteiger partial charge < -0.3 is 4.57 Å². The molecule has 3 heteroatoms. The Hall–Kier alpha value is -1.88. The average molecular weight is 398 g/mol. The smallest absolute Gasteiger partial charge is 0.172 e. The van der Waals surface area contributed by atoms with E-state index in [2.05, 4.69) is 92.8 Å². The third-order valence-electron chi connectivity index (χ3n) is 4.09. The molecule has 0 bridgehead atoms. The van der Waals surface area contributed by atoms with Gasteiger partial charge in [-0.05, 0) is 57.5 Å². The third kappa shape index (κ3) is 2.39. The Morgan fingerprint density at radius 2 is 1.64 bits per heavy atom. The minimum absolute atomic E-state index is 0.951. The molecule has 1 heterocycles. The van der Waals surface area contributed by atoms with E-state index >= 15 is 0 Å². The molecule has 0 N–H and O–H groups in total. The first-order valence-electron chi connectivity index (χ1n) is 7.40. The van der Waals surface area contributed by atoms with Gasteiger partial charge in [0.05, 0.1) is 11.0 Å². The van der Waals surface area contributed by atoms with Crippen molar-refractivity contribution in [3.63, 3.8) is 0 Å². The average Bonchev–Trinajstić information content (AvgIpc) is 2.88. The van der Waals surface area contributed by atoms with E-state index in [1.54, 1.807) is 0 Å². The predicted molar refractivity (Wildman–Crippen MR) is 100 cm³/mol. The van der Waals surface area contributed by atoms with Crippen LogP contribution in [0.3, 0.4) is 0 Å². The molecule has 108 valence electrons. The Bertz CT molecular complexity index is 951. The second-order valence-electron chi connectivity index (χ2n) is 5.41. The Labute approximate surface area is 142 Å². The van der Waals surface area contributed by atoms with E-state index in [4.69, 9.17) is 0 Å². The van der Waals surface area contributed by atoms with Crippen molar-refractivity contribution in [3.05, 3.63) is 76.1 Å². The second-order valence-corrected chi connectivity index (χ2v) is 6.37. The highest BCUT2D eigenvalue weighted by Crippen LogP contribution is 2.22. The lowest BCUT2D eigenvalue weighted by atomic mass is 10.0. The number of hydrogen-bond acceptors (Lipinski definition) is 1. The van der Waals surface area contributed by atoms with E-state index in [9.17, 15) is 0 Å². The highest BCUT2D eigenvalue weighted by Gasteiger charge is 2.08. The first kappa shape index (κ1) is 13.8. The molecule has 0 spiro atoms. The number of fused-ring (bicyclic) bond motifs is 2. The van der Waals surface area contributed by atoms with Gasteiger partial charge in [0, 0.05) is 6.54 Å². The topological polar surface area (TPSA) is 17.8 Å². The number of para-hydroxylation sites is 2. The maximum atomic E-state index is 4.64. The zero-order valence-electron chi connectivity index (χ0n) is 12.0. The van der Waals surface area contributed by atoms with Crippen molar-refractivity contribution in [1.82, 2.24) is 9.55 Å². The zero-order valence-corrected chi connectivity index (χ0v) is 14.2. The molecule has 4 rings (SSSR count). The van der Waals surface area contributed by atoms with Crippen molar-refractivity contribution in [2.75, 3.05) is 0 Å². The van der Waals surface area contributed by atoms with Crippen LogP contribution in [-0.4, -0.2) is 9.55 Å². The normalized spacial score (nSPS) is 11.3. The lowest BCUT2D eigenvalue weighted by Gasteiger charge is -2.09. The fraction of sp³-hybridized carbons (Fsp3) is 0.105. The molecule has 0 aliphatic heterocycles. The molecule has 0 saturated heterocycles. The van der Waals surface area contributed by atoms with Gasteiger partial charge in [0.25, 0.3) is 0 Å². The van der Waals surface area contributed by atoms with Crippen LogP contribution in [-0.2, 0) is 13.0 Å². The van der Waals surface area contributed by atoms with E-state index in [0.29, 0.717) is 0 Å². The largest absolute Gasteiger partial charge is 0.319 e. The molecular formula is C19H15IN2. The van der Waals surface area contributed by atoms with Crippen molar-refractivity contribution < 1.29 is 0 Å². The summed E-state index contributed by atoms with van der Waals surface area (Å²) in [5.41, 5.74) is 3.68. The number of imidazole rings is 1. The van der Waals surface area contributed by atoms with Crippen LogP contribution in [0.15, 0.2) is 66.7 Å². The highest BCUT2D eigenvalue weighted by atomic mass is 127. The van der Waals surface area contributed by atoms with Crippen LogP contribution in [0.25, 0.3) is 21.8 Å². The molecule has 0 aliphatic rings. The van der Waals surface area contributed by atoms with Gasteiger partial charge in [-0.2, -0.15) is 0 Å².